The average molecular weight is 203 g/mol. The summed E-state index contributed by atoms with van der Waals surface area (Å²) in [5.74, 6) is 0.678. The second-order valence-electron chi connectivity index (χ2n) is 2.70. The summed E-state index contributed by atoms with van der Waals surface area (Å²) in [4.78, 5) is 8.43. The molecule has 0 aliphatic carbocycles. The van der Waals surface area contributed by atoms with Crippen LogP contribution < -0.4 is 0 Å². The van der Waals surface area contributed by atoms with Crippen molar-refractivity contribution < 1.29 is 0 Å². The van der Waals surface area contributed by atoms with Crippen molar-refractivity contribution in [1.82, 2.24) is 24.6 Å². The Labute approximate surface area is 83.1 Å². The number of fused-ring (bicyclic) bond motifs is 1. The summed E-state index contributed by atoms with van der Waals surface area (Å²) in [6.45, 7) is 0. The second kappa shape index (κ2) is 2.85. The molecule has 5 nitrogen and oxygen atoms in total. The van der Waals surface area contributed by atoms with Gasteiger partial charge in [-0.2, -0.15) is 0 Å². The van der Waals surface area contributed by atoms with Crippen LogP contribution in [0.5, 0.6) is 0 Å². The van der Waals surface area contributed by atoms with Gasteiger partial charge in [-0.3, -0.25) is 4.40 Å². The highest BCUT2D eigenvalue weighted by molar-refractivity contribution is 7.12. The fraction of sp³-hybridized carbons (Fsp3) is 0. The summed E-state index contributed by atoms with van der Waals surface area (Å²) < 4.78 is 1.86. The predicted molar refractivity (Wildman–Crippen MR) is 51.9 cm³/mol. The van der Waals surface area contributed by atoms with Crippen molar-refractivity contribution in [2.24, 2.45) is 0 Å². The minimum Gasteiger partial charge on any atom is -0.290 e. The smallest absolute Gasteiger partial charge is 0.234 e. The fourth-order valence-corrected chi connectivity index (χ4v) is 1.73. The zero-order chi connectivity index (χ0) is 9.38. The van der Waals surface area contributed by atoms with E-state index in [4.69, 9.17) is 0 Å². The van der Waals surface area contributed by atoms with Crippen LogP contribution in [0.4, 0.5) is 0 Å². The summed E-state index contributed by atoms with van der Waals surface area (Å²) in [5, 5.41) is 8.53. The summed E-state index contributed by atoms with van der Waals surface area (Å²) in [6.07, 6.45) is 5.51. The molecule has 0 aromatic carbocycles. The van der Waals surface area contributed by atoms with Crippen LogP contribution in [0.25, 0.3) is 16.5 Å². The van der Waals surface area contributed by atoms with Crippen LogP contribution in [0.2, 0.25) is 0 Å². The maximum absolute atomic E-state index is 4.31. The van der Waals surface area contributed by atoms with E-state index in [-0.39, 0.29) is 0 Å². The molecule has 0 saturated carbocycles. The maximum Gasteiger partial charge on any atom is 0.234 e. The normalized spacial score (nSPS) is 10.9. The molecule has 0 radical (unpaired) electrons. The molecule has 0 unspecified atom stereocenters. The van der Waals surface area contributed by atoms with E-state index >= 15 is 0 Å². The first-order valence-corrected chi connectivity index (χ1v) is 4.88. The molecule has 0 aliphatic rings. The lowest BCUT2D eigenvalue weighted by molar-refractivity contribution is 1.09. The van der Waals surface area contributed by atoms with Crippen LogP contribution in [0, 0.1) is 0 Å². The van der Waals surface area contributed by atoms with Gasteiger partial charge < -0.3 is 0 Å². The van der Waals surface area contributed by atoms with Crippen LogP contribution in [0.1, 0.15) is 0 Å². The van der Waals surface area contributed by atoms with Gasteiger partial charge in [0.15, 0.2) is 5.01 Å². The monoisotopic (exact) mass is 203 g/mol. The first-order valence-electron chi connectivity index (χ1n) is 4.00. The van der Waals surface area contributed by atoms with Crippen molar-refractivity contribution in [2.45, 2.75) is 0 Å². The van der Waals surface area contributed by atoms with Gasteiger partial charge in [-0.25, -0.2) is 9.97 Å². The minimum absolute atomic E-state index is 0.678. The summed E-state index contributed by atoms with van der Waals surface area (Å²) in [6, 6.07) is 1.86. The van der Waals surface area contributed by atoms with E-state index in [9.17, 15) is 0 Å². The van der Waals surface area contributed by atoms with Crippen LogP contribution in [-0.2, 0) is 0 Å². The topological polar surface area (TPSA) is 56.0 Å². The SMILES string of the molecule is c1cnc2nc(-c3nncs3)cn2c1. The van der Waals surface area contributed by atoms with E-state index in [1.165, 1.54) is 11.3 Å². The Morgan fingerprint density at radius 3 is 3.14 bits per heavy atom. The number of nitrogens with zero attached hydrogens (tertiary/aromatic N) is 5. The third kappa shape index (κ3) is 1.08. The molecular formula is C8H5N5S. The number of aromatic nitrogens is 5. The number of hydrogen-bond donors (Lipinski definition) is 0. The Morgan fingerprint density at radius 1 is 1.36 bits per heavy atom. The Balaban J connectivity index is 2.24. The third-order valence-corrected chi connectivity index (χ3v) is 2.53. The summed E-state index contributed by atoms with van der Waals surface area (Å²) >= 11 is 1.47. The van der Waals surface area contributed by atoms with E-state index in [0.717, 1.165) is 10.7 Å². The quantitative estimate of drug-likeness (QED) is 0.597. The number of hydrogen-bond acceptors (Lipinski definition) is 5. The van der Waals surface area contributed by atoms with Crippen LogP contribution >= 0.6 is 11.3 Å². The van der Waals surface area contributed by atoms with E-state index in [0.29, 0.717) is 5.78 Å². The van der Waals surface area contributed by atoms with Crippen molar-refractivity contribution in [1.29, 1.82) is 0 Å². The Morgan fingerprint density at radius 2 is 2.36 bits per heavy atom. The first-order chi connectivity index (χ1) is 6.93. The van der Waals surface area contributed by atoms with Gasteiger partial charge in [0, 0.05) is 18.6 Å². The van der Waals surface area contributed by atoms with Gasteiger partial charge in [-0.05, 0) is 6.07 Å². The third-order valence-electron chi connectivity index (χ3n) is 1.81. The van der Waals surface area contributed by atoms with Crippen molar-refractivity contribution in [3.63, 3.8) is 0 Å². The highest BCUT2D eigenvalue weighted by Gasteiger charge is 2.06. The molecule has 0 atom stereocenters. The Hall–Kier alpha value is -1.82. The lowest BCUT2D eigenvalue weighted by Gasteiger charge is -1.85. The van der Waals surface area contributed by atoms with E-state index in [1.807, 2.05) is 22.9 Å². The van der Waals surface area contributed by atoms with Crippen molar-refractivity contribution in [3.05, 3.63) is 30.2 Å². The number of imidazole rings is 1. The zero-order valence-corrected chi connectivity index (χ0v) is 7.85. The van der Waals surface area contributed by atoms with Gasteiger partial charge in [0.1, 0.15) is 11.2 Å². The van der Waals surface area contributed by atoms with Crippen LogP contribution in [-0.4, -0.2) is 24.6 Å². The summed E-state index contributed by atoms with van der Waals surface area (Å²) in [7, 11) is 0. The molecule has 3 heterocycles. The molecule has 3 rings (SSSR count). The van der Waals surface area contributed by atoms with Gasteiger partial charge in [-0.1, -0.05) is 11.3 Å². The van der Waals surface area contributed by atoms with Gasteiger partial charge in [-0.15, -0.1) is 10.2 Å². The maximum atomic E-state index is 4.31. The predicted octanol–water partition coefficient (Wildman–Crippen LogP) is 1.25. The molecule has 3 aromatic rings. The molecule has 14 heavy (non-hydrogen) atoms. The largest absolute Gasteiger partial charge is 0.290 e. The van der Waals surface area contributed by atoms with Crippen LogP contribution in [0.3, 0.4) is 0 Å². The lowest BCUT2D eigenvalue weighted by atomic mass is 10.5. The zero-order valence-electron chi connectivity index (χ0n) is 7.03. The van der Waals surface area contributed by atoms with E-state index in [1.54, 1.807) is 11.7 Å². The van der Waals surface area contributed by atoms with E-state index < -0.39 is 0 Å². The Bertz CT molecular complexity index is 523. The Kier molecular flexibility index (Phi) is 1.54. The highest BCUT2D eigenvalue weighted by atomic mass is 32.1. The van der Waals surface area contributed by atoms with Gasteiger partial charge in [0.25, 0.3) is 0 Å². The molecule has 0 spiro atoms. The van der Waals surface area contributed by atoms with E-state index in [2.05, 4.69) is 20.2 Å². The first kappa shape index (κ1) is 7.57. The fourth-order valence-electron chi connectivity index (χ4n) is 1.22. The molecule has 3 aromatic heterocycles. The molecular weight excluding hydrogens is 198 g/mol. The highest BCUT2D eigenvalue weighted by Crippen LogP contribution is 2.18. The lowest BCUT2D eigenvalue weighted by Crippen LogP contribution is -1.82. The molecule has 0 saturated heterocycles. The minimum atomic E-state index is 0.678. The van der Waals surface area contributed by atoms with Gasteiger partial charge in [0.05, 0.1) is 0 Å². The molecule has 0 N–H and O–H groups in total. The van der Waals surface area contributed by atoms with Crippen LogP contribution in [0.15, 0.2) is 30.2 Å². The van der Waals surface area contributed by atoms with Gasteiger partial charge in [0.2, 0.25) is 5.78 Å². The summed E-state index contributed by atoms with van der Waals surface area (Å²) in [5.41, 5.74) is 2.50. The standard InChI is InChI=1S/C8H5N5S/c1-2-9-8-11-6(4-13(8)3-1)7-12-10-5-14-7/h1-5H. The van der Waals surface area contributed by atoms with Gasteiger partial charge >= 0.3 is 0 Å². The average Bonchev–Trinajstić information content (AvgIpc) is 2.86. The molecule has 0 aliphatic heterocycles. The number of rotatable bonds is 1. The molecule has 0 fully saturated rings. The second-order valence-corrected chi connectivity index (χ2v) is 3.53. The van der Waals surface area contributed by atoms with Crippen molar-refractivity contribution in [2.75, 3.05) is 0 Å². The molecule has 68 valence electrons. The molecule has 6 heteroatoms. The van der Waals surface area contributed by atoms with Crippen molar-refractivity contribution in [3.8, 4) is 10.7 Å². The molecule has 0 bridgehead atoms. The molecule has 0 amide bonds. The van der Waals surface area contributed by atoms with Crippen molar-refractivity contribution >= 4 is 17.1 Å².